The molecule has 9 heteroatoms. The van der Waals surface area contributed by atoms with Gasteiger partial charge < -0.3 is 19.1 Å². The van der Waals surface area contributed by atoms with Crippen LogP contribution in [0.5, 0.6) is 0 Å². The van der Waals surface area contributed by atoms with Gasteiger partial charge in [0.1, 0.15) is 6.04 Å². The van der Waals surface area contributed by atoms with Crippen molar-refractivity contribution < 1.29 is 23.5 Å². The smallest absolute Gasteiger partial charge is 0.323 e. The van der Waals surface area contributed by atoms with Crippen LogP contribution in [-0.2, 0) is 25.0 Å². The van der Waals surface area contributed by atoms with Crippen molar-refractivity contribution in [3.05, 3.63) is 36.0 Å². The molecule has 2 rings (SSSR count). The molecule has 2 aromatic rings. The summed E-state index contributed by atoms with van der Waals surface area (Å²) in [5, 5.41) is 11.5. The van der Waals surface area contributed by atoms with Crippen molar-refractivity contribution in [3.8, 4) is 6.07 Å². The highest BCUT2D eigenvalue weighted by Gasteiger charge is 2.25. The van der Waals surface area contributed by atoms with E-state index >= 15 is 0 Å². The molecule has 0 radical (unpaired) electrons. The summed E-state index contributed by atoms with van der Waals surface area (Å²) in [6.45, 7) is -0.273. The Morgan fingerprint density at radius 1 is 1.50 bits per heavy atom. The maximum atomic E-state index is 11.9. The van der Waals surface area contributed by atoms with Gasteiger partial charge in [-0.3, -0.25) is 9.36 Å². The van der Waals surface area contributed by atoms with Crippen LogP contribution >= 0.6 is 7.75 Å². The summed E-state index contributed by atoms with van der Waals surface area (Å²) in [6.07, 6.45) is 1.75. The highest BCUT2D eigenvalue weighted by Crippen LogP contribution is 2.33. The number of para-hydroxylation sites is 1. The van der Waals surface area contributed by atoms with E-state index in [1.165, 1.54) is 7.11 Å². The number of methoxy groups -OCH3 is 1. The zero-order valence-corrected chi connectivity index (χ0v) is 13.9. The van der Waals surface area contributed by atoms with E-state index in [-0.39, 0.29) is 19.4 Å². The number of fused-ring (bicyclic) bond motifs is 1. The first-order valence-electron chi connectivity index (χ1n) is 7.20. The lowest BCUT2D eigenvalue weighted by Crippen LogP contribution is -2.40. The fourth-order valence-electron chi connectivity index (χ4n) is 2.28. The van der Waals surface area contributed by atoms with Gasteiger partial charge in [-0.25, -0.2) is 5.09 Å². The molecule has 0 amide bonds. The third-order valence-corrected chi connectivity index (χ3v) is 4.52. The SMILES string of the molecule is COC(=O)C(Cc1c[nH]c2ccccc12)NP(=O)([O-])OCCC#N. The standard InChI is InChI=1S/C15H18N3O5P/c1-22-15(19)14(18-24(20,21)23-8-4-7-16)9-11-10-17-13-6-3-2-5-12(11)13/h2-3,5-6,10,14,17H,4,8-9H2,1H3,(H2,18,20,21)/p-1. The summed E-state index contributed by atoms with van der Waals surface area (Å²) in [4.78, 5) is 26.9. The zero-order chi connectivity index (χ0) is 17.6. The zero-order valence-electron chi connectivity index (χ0n) is 13.0. The van der Waals surface area contributed by atoms with Crippen LogP contribution in [0, 0.1) is 11.3 Å². The number of nitriles is 1. The number of rotatable bonds is 8. The van der Waals surface area contributed by atoms with Crippen LogP contribution in [0.1, 0.15) is 12.0 Å². The Bertz CT molecular complexity index is 798. The van der Waals surface area contributed by atoms with Gasteiger partial charge >= 0.3 is 5.97 Å². The second-order valence-corrected chi connectivity index (χ2v) is 6.52. The number of carbonyl (C=O) groups is 1. The fourth-order valence-corrected chi connectivity index (χ4v) is 3.27. The summed E-state index contributed by atoms with van der Waals surface area (Å²) >= 11 is 0. The number of benzene rings is 1. The average molecular weight is 350 g/mol. The van der Waals surface area contributed by atoms with E-state index in [1.54, 1.807) is 12.3 Å². The number of aromatic amines is 1. The molecule has 0 aliphatic rings. The third kappa shape index (κ3) is 4.66. The number of nitrogens with one attached hydrogen (secondary N) is 2. The van der Waals surface area contributed by atoms with E-state index < -0.39 is 19.8 Å². The Kier molecular flexibility index (Phi) is 6.12. The van der Waals surface area contributed by atoms with Gasteiger partial charge in [0.25, 0.3) is 0 Å². The molecule has 0 bridgehead atoms. The monoisotopic (exact) mass is 350 g/mol. The summed E-state index contributed by atoms with van der Waals surface area (Å²) in [5.41, 5.74) is 1.65. The quantitative estimate of drug-likeness (QED) is 0.416. The number of H-pyrrole nitrogens is 1. The molecule has 1 heterocycles. The second kappa shape index (κ2) is 8.08. The molecule has 24 heavy (non-hydrogen) atoms. The molecule has 1 aromatic heterocycles. The van der Waals surface area contributed by atoms with Crippen molar-refractivity contribution in [2.75, 3.05) is 13.7 Å². The number of hydrogen-bond donors (Lipinski definition) is 2. The molecule has 2 N–H and O–H groups in total. The van der Waals surface area contributed by atoms with Gasteiger partial charge in [0.2, 0.25) is 7.75 Å². The molecule has 0 spiro atoms. The number of hydrogen-bond acceptors (Lipinski definition) is 6. The maximum absolute atomic E-state index is 11.9. The van der Waals surface area contributed by atoms with Crippen LogP contribution in [0.3, 0.4) is 0 Å². The number of nitrogens with zero attached hydrogens (tertiary/aromatic N) is 1. The van der Waals surface area contributed by atoms with Crippen molar-refractivity contribution in [1.82, 2.24) is 10.1 Å². The number of ether oxygens (including phenoxy) is 1. The molecule has 128 valence electrons. The van der Waals surface area contributed by atoms with Crippen LogP contribution in [0.2, 0.25) is 0 Å². The van der Waals surface area contributed by atoms with Crippen LogP contribution in [0.25, 0.3) is 10.9 Å². The van der Waals surface area contributed by atoms with Crippen LogP contribution in [-0.4, -0.2) is 30.7 Å². The molecule has 0 saturated heterocycles. The lowest BCUT2D eigenvalue weighted by Gasteiger charge is -2.27. The van der Waals surface area contributed by atoms with Gasteiger partial charge in [-0.2, -0.15) is 5.26 Å². The average Bonchev–Trinajstić information content (AvgIpc) is 2.96. The van der Waals surface area contributed by atoms with Crippen LogP contribution < -0.4 is 9.98 Å². The van der Waals surface area contributed by atoms with E-state index in [1.807, 2.05) is 24.3 Å². The Morgan fingerprint density at radius 2 is 2.25 bits per heavy atom. The van der Waals surface area contributed by atoms with Gasteiger partial charge in [0.15, 0.2) is 0 Å². The topological polar surface area (TPSA) is 127 Å². The minimum Gasteiger partial charge on any atom is -0.766 e. The van der Waals surface area contributed by atoms with Crippen molar-refractivity contribution in [2.45, 2.75) is 18.9 Å². The Balaban J connectivity index is 2.15. The van der Waals surface area contributed by atoms with Crippen LogP contribution in [0.4, 0.5) is 0 Å². The maximum Gasteiger partial charge on any atom is 0.323 e. The van der Waals surface area contributed by atoms with Gasteiger partial charge in [0, 0.05) is 23.5 Å². The molecular formula is C15H17N3O5P-. The Labute approximate surface area is 139 Å². The predicted octanol–water partition coefficient (Wildman–Crippen LogP) is 1.24. The molecule has 2 atom stereocenters. The van der Waals surface area contributed by atoms with Gasteiger partial charge in [-0.15, -0.1) is 0 Å². The molecule has 0 fully saturated rings. The minimum absolute atomic E-state index is 0.0702. The van der Waals surface area contributed by atoms with E-state index in [2.05, 4.69) is 19.3 Å². The van der Waals surface area contributed by atoms with E-state index in [0.29, 0.717) is 0 Å². The first kappa shape index (κ1) is 18.2. The lowest BCUT2D eigenvalue weighted by molar-refractivity contribution is -0.203. The first-order chi connectivity index (χ1) is 11.5. The highest BCUT2D eigenvalue weighted by molar-refractivity contribution is 7.49. The second-order valence-electron chi connectivity index (χ2n) is 5.01. The normalized spacial score (nSPS) is 14.7. The summed E-state index contributed by atoms with van der Waals surface area (Å²) < 4.78 is 21.2. The summed E-state index contributed by atoms with van der Waals surface area (Å²) in [7, 11) is -3.31. The fraction of sp³-hybridized carbons (Fsp3) is 0.333. The van der Waals surface area contributed by atoms with Crippen molar-refractivity contribution in [2.24, 2.45) is 0 Å². The predicted molar refractivity (Wildman–Crippen MR) is 84.7 cm³/mol. The van der Waals surface area contributed by atoms with Gasteiger partial charge in [0.05, 0.1) is 26.2 Å². The third-order valence-electron chi connectivity index (χ3n) is 3.37. The van der Waals surface area contributed by atoms with E-state index in [4.69, 9.17) is 5.26 Å². The molecule has 1 aromatic carbocycles. The first-order valence-corrected chi connectivity index (χ1v) is 8.74. The molecular weight excluding hydrogens is 333 g/mol. The highest BCUT2D eigenvalue weighted by atomic mass is 31.2. The van der Waals surface area contributed by atoms with Gasteiger partial charge in [-0.05, 0) is 11.6 Å². The molecule has 2 unspecified atom stereocenters. The largest absolute Gasteiger partial charge is 0.766 e. The van der Waals surface area contributed by atoms with Crippen LogP contribution in [0.15, 0.2) is 30.5 Å². The van der Waals surface area contributed by atoms with E-state index in [9.17, 15) is 14.3 Å². The molecule has 0 saturated carbocycles. The van der Waals surface area contributed by atoms with Crippen molar-refractivity contribution in [1.29, 1.82) is 5.26 Å². The number of carbonyl (C=O) groups excluding carboxylic acids is 1. The Hall–Kier alpha value is -2.17. The lowest BCUT2D eigenvalue weighted by atomic mass is 10.1. The summed E-state index contributed by atoms with van der Waals surface area (Å²) in [5.74, 6) is -0.722. The van der Waals surface area contributed by atoms with Crippen molar-refractivity contribution in [3.63, 3.8) is 0 Å². The van der Waals surface area contributed by atoms with Gasteiger partial charge in [-0.1, -0.05) is 18.2 Å². The summed E-state index contributed by atoms with van der Waals surface area (Å²) in [6, 6.07) is 8.12. The molecule has 0 aliphatic carbocycles. The molecule has 0 aliphatic heterocycles. The minimum atomic E-state index is -4.49. The van der Waals surface area contributed by atoms with E-state index in [0.717, 1.165) is 16.5 Å². The number of esters is 1. The van der Waals surface area contributed by atoms with Crippen molar-refractivity contribution >= 4 is 24.6 Å². The Morgan fingerprint density at radius 3 is 2.96 bits per heavy atom. The molecule has 8 nitrogen and oxygen atoms in total. The number of aromatic nitrogens is 1.